The molecule has 5 rings (SSSR count). The second kappa shape index (κ2) is 6.94. The van der Waals surface area contributed by atoms with Gasteiger partial charge in [0.05, 0.1) is 17.7 Å². The standard InChI is InChI=1S/C24H17Cl2NO2/c1-13-12-29-19-11-10-18-21(14-2-6-16(25)7-3-14)23(15-4-8-17(26)9-5-15)27-24(28)22(18)20(13)19/h2-11,13H,12H2,1H3,(H,27,28). The van der Waals surface area contributed by atoms with Gasteiger partial charge in [0.2, 0.25) is 0 Å². The van der Waals surface area contributed by atoms with Gasteiger partial charge in [-0.25, -0.2) is 0 Å². The first-order chi connectivity index (χ1) is 14.0. The van der Waals surface area contributed by atoms with Gasteiger partial charge in [-0.05, 0) is 52.9 Å². The van der Waals surface area contributed by atoms with E-state index in [1.165, 1.54) is 0 Å². The molecule has 144 valence electrons. The van der Waals surface area contributed by atoms with Gasteiger partial charge in [-0.2, -0.15) is 0 Å². The van der Waals surface area contributed by atoms with Crippen LogP contribution < -0.4 is 10.3 Å². The monoisotopic (exact) mass is 421 g/mol. The van der Waals surface area contributed by atoms with Gasteiger partial charge in [-0.3, -0.25) is 4.79 Å². The highest BCUT2D eigenvalue weighted by Gasteiger charge is 2.26. The van der Waals surface area contributed by atoms with Crippen molar-refractivity contribution in [2.24, 2.45) is 0 Å². The van der Waals surface area contributed by atoms with Crippen molar-refractivity contribution in [1.29, 1.82) is 0 Å². The molecule has 1 unspecified atom stereocenters. The second-order valence-electron chi connectivity index (χ2n) is 7.33. The van der Waals surface area contributed by atoms with Crippen LogP contribution in [0.15, 0.2) is 65.5 Å². The van der Waals surface area contributed by atoms with Crippen molar-refractivity contribution in [1.82, 2.24) is 4.98 Å². The molecular weight excluding hydrogens is 405 g/mol. The molecule has 0 aliphatic carbocycles. The minimum Gasteiger partial charge on any atom is -0.493 e. The van der Waals surface area contributed by atoms with Crippen molar-refractivity contribution in [3.63, 3.8) is 0 Å². The maximum atomic E-state index is 13.2. The number of fused-ring (bicyclic) bond motifs is 3. The Bertz CT molecular complexity index is 1290. The summed E-state index contributed by atoms with van der Waals surface area (Å²) in [7, 11) is 0. The van der Waals surface area contributed by atoms with E-state index < -0.39 is 0 Å². The predicted molar refractivity (Wildman–Crippen MR) is 119 cm³/mol. The highest BCUT2D eigenvalue weighted by molar-refractivity contribution is 6.31. The maximum Gasteiger partial charge on any atom is 0.256 e. The van der Waals surface area contributed by atoms with Crippen LogP contribution in [0.3, 0.4) is 0 Å². The van der Waals surface area contributed by atoms with Crippen molar-refractivity contribution >= 4 is 34.0 Å². The van der Waals surface area contributed by atoms with Crippen LogP contribution in [0.4, 0.5) is 0 Å². The molecule has 5 heteroatoms. The lowest BCUT2D eigenvalue weighted by atomic mass is 9.90. The van der Waals surface area contributed by atoms with Gasteiger partial charge < -0.3 is 9.72 Å². The molecule has 0 fully saturated rings. The van der Waals surface area contributed by atoms with E-state index in [2.05, 4.69) is 11.9 Å². The van der Waals surface area contributed by atoms with E-state index in [4.69, 9.17) is 27.9 Å². The van der Waals surface area contributed by atoms with Crippen molar-refractivity contribution in [2.75, 3.05) is 6.61 Å². The minimum absolute atomic E-state index is 0.114. The Morgan fingerprint density at radius 1 is 0.897 bits per heavy atom. The van der Waals surface area contributed by atoms with Gasteiger partial charge in [0, 0.05) is 27.1 Å². The Morgan fingerprint density at radius 3 is 2.17 bits per heavy atom. The Labute approximate surface area is 177 Å². The number of aromatic amines is 1. The summed E-state index contributed by atoms with van der Waals surface area (Å²) in [5.41, 5.74) is 4.45. The first kappa shape index (κ1) is 18.3. The van der Waals surface area contributed by atoms with Gasteiger partial charge in [-0.1, -0.05) is 54.4 Å². The average molecular weight is 422 g/mol. The van der Waals surface area contributed by atoms with Gasteiger partial charge in [0.15, 0.2) is 0 Å². The third-order valence-corrected chi connectivity index (χ3v) is 5.94. The normalized spacial score (nSPS) is 15.3. The van der Waals surface area contributed by atoms with E-state index in [0.29, 0.717) is 22.0 Å². The Hall–Kier alpha value is -2.75. The average Bonchev–Trinajstić information content (AvgIpc) is 3.10. The second-order valence-corrected chi connectivity index (χ2v) is 8.20. The zero-order valence-electron chi connectivity index (χ0n) is 15.6. The molecule has 1 N–H and O–H groups in total. The fourth-order valence-electron chi connectivity index (χ4n) is 4.09. The number of benzene rings is 3. The molecule has 0 spiro atoms. The molecule has 0 amide bonds. The van der Waals surface area contributed by atoms with Crippen molar-refractivity contribution in [2.45, 2.75) is 12.8 Å². The Morgan fingerprint density at radius 2 is 1.52 bits per heavy atom. The number of ether oxygens (including phenoxy) is 1. The Kier molecular flexibility index (Phi) is 4.38. The van der Waals surface area contributed by atoms with Gasteiger partial charge in [0.25, 0.3) is 5.56 Å². The lowest BCUT2D eigenvalue weighted by molar-refractivity contribution is 0.337. The smallest absolute Gasteiger partial charge is 0.256 e. The van der Waals surface area contributed by atoms with Crippen molar-refractivity contribution in [3.05, 3.63) is 86.6 Å². The van der Waals surface area contributed by atoms with E-state index in [-0.39, 0.29) is 11.5 Å². The quantitative estimate of drug-likeness (QED) is 0.392. The molecule has 2 heterocycles. The number of hydrogen-bond donors (Lipinski definition) is 1. The lowest BCUT2D eigenvalue weighted by Crippen LogP contribution is -2.12. The number of rotatable bonds is 2. The zero-order valence-corrected chi connectivity index (χ0v) is 17.1. The highest BCUT2D eigenvalue weighted by Crippen LogP contribution is 2.43. The Balaban J connectivity index is 1.91. The molecule has 29 heavy (non-hydrogen) atoms. The van der Waals surface area contributed by atoms with E-state index >= 15 is 0 Å². The van der Waals surface area contributed by atoms with Gasteiger partial charge in [0.1, 0.15) is 5.75 Å². The first-order valence-electron chi connectivity index (χ1n) is 9.40. The number of H-pyrrole nitrogens is 1. The molecular formula is C24H17Cl2NO2. The molecule has 0 radical (unpaired) electrons. The molecule has 1 aliphatic heterocycles. The fourth-order valence-corrected chi connectivity index (χ4v) is 4.34. The van der Waals surface area contributed by atoms with Crippen LogP contribution in [-0.4, -0.2) is 11.6 Å². The number of halogens is 2. The van der Waals surface area contributed by atoms with E-state index in [1.807, 2.05) is 60.7 Å². The van der Waals surface area contributed by atoms with Crippen LogP contribution in [0.1, 0.15) is 18.4 Å². The minimum atomic E-state index is -0.114. The van der Waals surface area contributed by atoms with Crippen LogP contribution in [-0.2, 0) is 0 Å². The summed E-state index contributed by atoms with van der Waals surface area (Å²) in [6, 6.07) is 19.1. The van der Waals surface area contributed by atoms with Crippen LogP contribution >= 0.6 is 23.2 Å². The van der Waals surface area contributed by atoms with E-state index in [0.717, 1.165) is 39.1 Å². The van der Waals surface area contributed by atoms with Crippen molar-refractivity contribution in [3.8, 4) is 28.1 Å². The van der Waals surface area contributed by atoms with Gasteiger partial charge >= 0.3 is 0 Å². The van der Waals surface area contributed by atoms with E-state index in [9.17, 15) is 4.79 Å². The van der Waals surface area contributed by atoms with Crippen LogP contribution in [0.25, 0.3) is 33.2 Å². The number of aromatic nitrogens is 1. The topological polar surface area (TPSA) is 42.1 Å². The number of pyridine rings is 1. The lowest BCUT2D eigenvalue weighted by Gasteiger charge is -2.16. The molecule has 1 aliphatic rings. The summed E-state index contributed by atoms with van der Waals surface area (Å²) in [5.74, 6) is 0.950. The first-order valence-corrected chi connectivity index (χ1v) is 10.2. The third-order valence-electron chi connectivity index (χ3n) is 5.44. The summed E-state index contributed by atoms with van der Waals surface area (Å²) in [6.07, 6.45) is 0. The van der Waals surface area contributed by atoms with Crippen LogP contribution in [0.5, 0.6) is 5.75 Å². The highest BCUT2D eigenvalue weighted by atomic mass is 35.5. The summed E-state index contributed by atoms with van der Waals surface area (Å²) in [6.45, 7) is 2.67. The molecule has 0 bridgehead atoms. The summed E-state index contributed by atoms with van der Waals surface area (Å²) < 4.78 is 5.78. The number of hydrogen-bond acceptors (Lipinski definition) is 2. The summed E-state index contributed by atoms with van der Waals surface area (Å²) >= 11 is 12.2. The molecule has 0 saturated carbocycles. The maximum absolute atomic E-state index is 13.2. The molecule has 3 aromatic carbocycles. The SMILES string of the molecule is CC1COc2ccc3c(-c4ccc(Cl)cc4)c(-c4ccc(Cl)cc4)[nH]c(=O)c3c21. The van der Waals surface area contributed by atoms with Crippen molar-refractivity contribution < 1.29 is 4.74 Å². The molecule has 3 nitrogen and oxygen atoms in total. The largest absolute Gasteiger partial charge is 0.493 e. The van der Waals surface area contributed by atoms with Gasteiger partial charge in [-0.15, -0.1) is 0 Å². The molecule has 1 aromatic heterocycles. The number of nitrogens with one attached hydrogen (secondary N) is 1. The third kappa shape index (κ3) is 3.02. The van der Waals surface area contributed by atoms with Crippen LogP contribution in [0, 0.1) is 0 Å². The molecule has 1 atom stereocenters. The fraction of sp³-hybridized carbons (Fsp3) is 0.125. The van der Waals surface area contributed by atoms with Crippen LogP contribution in [0.2, 0.25) is 10.0 Å². The summed E-state index contributed by atoms with van der Waals surface area (Å²) in [5, 5.41) is 2.90. The van der Waals surface area contributed by atoms with E-state index in [1.54, 1.807) is 0 Å². The molecule has 0 saturated heterocycles. The zero-order chi connectivity index (χ0) is 20.1. The molecule has 4 aromatic rings. The predicted octanol–water partition coefficient (Wildman–Crippen LogP) is 6.66. The summed E-state index contributed by atoms with van der Waals surface area (Å²) in [4.78, 5) is 16.4.